The zero-order valence-corrected chi connectivity index (χ0v) is 13.8. The number of nitro groups is 1. The normalized spacial score (nSPS) is 24.6. The highest BCUT2D eigenvalue weighted by molar-refractivity contribution is 7.89. The first kappa shape index (κ1) is 16.5. The fourth-order valence-electron chi connectivity index (χ4n) is 3.28. The predicted octanol–water partition coefficient (Wildman–Crippen LogP) is 2.06. The molecule has 0 amide bonds. The van der Waals surface area contributed by atoms with Gasteiger partial charge in [0.1, 0.15) is 0 Å². The van der Waals surface area contributed by atoms with Gasteiger partial charge in [-0.15, -0.1) is 0 Å². The second-order valence-electron chi connectivity index (χ2n) is 6.03. The molecule has 0 spiro atoms. The fourth-order valence-corrected chi connectivity index (χ4v) is 5.12. The Labute approximate surface area is 139 Å². The number of carbonyl (C=O) groups is 1. The Balaban J connectivity index is 2.11. The van der Waals surface area contributed by atoms with Crippen LogP contribution < -0.4 is 0 Å². The molecule has 0 aromatic heterocycles. The molecule has 2 aliphatic rings. The molecular formula is C16H16N2O5S. The number of hydrogen-bond donors (Lipinski definition) is 0. The predicted molar refractivity (Wildman–Crippen MR) is 86.8 cm³/mol. The second-order valence-corrected chi connectivity index (χ2v) is 7.89. The largest absolute Gasteiger partial charge is 0.294 e. The first-order chi connectivity index (χ1) is 11.2. The highest BCUT2D eigenvalue weighted by Crippen LogP contribution is 2.39. The van der Waals surface area contributed by atoms with Crippen LogP contribution in [0, 0.1) is 16.0 Å². The lowest BCUT2D eigenvalue weighted by Crippen LogP contribution is -2.50. The average Bonchev–Trinajstić information content (AvgIpc) is 2.53. The smallest absolute Gasteiger partial charge is 0.289 e. The third-order valence-corrected chi connectivity index (χ3v) is 6.45. The lowest BCUT2D eigenvalue weighted by atomic mass is 9.78. The van der Waals surface area contributed by atoms with Crippen LogP contribution in [0.15, 0.2) is 53.0 Å². The van der Waals surface area contributed by atoms with E-state index in [0.717, 1.165) is 0 Å². The molecule has 0 N–H and O–H groups in total. The van der Waals surface area contributed by atoms with Crippen molar-refractivity contribution >= 4 is 21.5 Å². The number of ketones is 1. The minimum atomic E-state index is -4.09. The van der Waals surface area contributed by atoms with Crippen molar-refractivity contribution in [2.24, 2.45) is 5.92 Å². The number of allylic oxidation sites excluding steroid dienone is 1. The number of sulfonamides is 1. The molecule has 1 saturated heterocycles. The molecule has 2 atom stereocenters. The molecule has 2 bridgehead atoms. The summed E-state index contributed by atoms with van der Waals surface area (Å²) in [4.78, 5) is 22.1. The molecule has 3 rings (SSSR count). The van der Waals surface area contributed by atoms with E-state index in [4.69, 9.17) is 0 Å². The third kappa shape index (κ3) is 2.47. The molecule has 24 heavy (non-hydrogen) atoms. The third-order valence-electron chi connectivity index (χ3n) is 4.55. The van der Waals surface area contributed by atoms with Crippen LogP contribution in [0.2, 0.25) is 0 Å². The van der Waals surface area contributed by atoms with Crippen molar-refractivity contribution in [3.05, 3.63) is 58.2 Å². The van der Waals surface area contributed by atoms with E-state index in [-0.39, 0.29) is 23.1 Å². The molecular weight excluding hydrogens is 332 g/mol. The summed E-state index contributed by atoms with van der Waals surface area (Å²) in [5, 5.41) is 11.2. The van der Waals surface area contributed by atoms with Crippen LogP contribution in [-0.4, -0.2) is 36.0 Å². The molecule has 0 saturated carbocycles. The molecule has 1 aliphatic heterocycles. The Morgan fingerprint density at radius 3 is 2.67 bits per heavy atom. The van der Waals surface area contributed by atoms with Gasteiger partial charge in [0.05, 0.1) is 4.92 Å². The number of nitrogens with zero attached hydrogens (tertiary/aromatic N) is 2. The van der Waals surface area contributed by atoms with Crippen LogP contribution in [-0.2, 0) is 14.8 Å². The van der Waals surface area contributed by atoms with Gasteiger partial charge in [0.2, 0.25) is 0 Å². The van der Waals surface area contributed by atoms with Gasteiger partial charge in [0.25, 0.3) is 15.7 Å². The molecule has 1 aliphatic carbocycles. The number of nitro benzene ring substituents is 1. The van der Waals surface area contributed by atoms with Gasteiger partial charge in [0.15, 0.2) is 10.7 Å². The van der Waals surface area contributed by atoms with Crippen molar-refractivity contribution in [2.75, 3.05) is 6.54 Å². The summed E-state index contributed by atoms with van der Waals surface area (Å²) in [5.41, 5.74) is 0.701. The van der Waals surface area contributed by atoms with Gasteiger partial charge >= 0.3 is 0 Å². The summed E-state index contributed by atoms with van der Waals surface area (Å²) in [6.07, 6.45) is 1.78. The molecule has 1 fully saturated rings. The molecule has 1 aromatic rings. The zero-order chi connectivity index (χ0) is 17.6. The van der Waals surface area contributed by atoms with E-state index >= 15 is 0 Å². The quantitative estimate of drug-likeness (QED) is 0.473. The van der Waals surface area contributed by atoms with Crippen LogP contribution >= 0.6 is 0 Å². The van der Waals surface area contributed by atoms with Crippen LogP contribution in [0.1, 0.15) is 13.3 Å². The first-order valence-electron chi connectivity index (χ1n) is 7.38. The van der Waals surface area contributed by atoms with E-state index in [0.29, 0.717) is 17.6 Å². The van der Waals surface area contributed by atoms with Crippen LogP contribution in [0.5, 0.6) is 0 Å². The van der Waals surface area contributed by atoms with Crippen molar-refractivity contribution in [2.45, 2.75) is 24.3 Å². The Morgan fingerprint density at radius 1 is 1.33 bits per heavy atom. The molecule has 1 heterocycles. The highest BCUT2D eigenvalue weighted by Gasteiger charge is 2.45. The number of fused-ring (bicyclic) bond motifs is 2. The molecule has 7 nitrogen and oxygen atoms in total. The van der Waals surface area contributed by atoms with E-state index in [1.165, 1.54) is 34.6 Å². The molecule has 1 aromatic carbocycles. The summed E-state index contributed by atoms with van der Waals surface area (Å²) in [7, 11) is -4.09. The summed E-state index contributed by atoms with van der Waals surface area (Å²) in [6.45, 7) is 5.53. The van der Waals surface area contributed by atoms with E-state index in [9.17, 15) is 23.3 Å². The van der Waals surface area contributed by atoms with Gasteiger partial charge in [-0.2, -0.15) is 4.31 Å². The van der Waals surface area contributed by atoms with Crippen molar-refractivity contribution in [1.29, 1.82) is 0 Å². The lowest BCUT2D eigenvalue weighted by Gasteiger charge is -2.42. The van der Waals surface area contributed by atoms with Crippen LogP contribution in [0.4, 0.5) is 5.69 Å². The number of rotatable bonds is 3. The number of piperidine rings is 1. The topological polar surface area (TPSA) is 97.6 Å². The number of carbonyl (C=O) groups excluding carboxylic acids is 1. The van der Waals surface area contributed by atoms with E-state index < -0.39 is 26.7 Å². The number of benzene rings is 1. The Morgan fingerprint density at radius 2 is 2.00 bits per heavy atom. The van der Waals surface area contributed by atoms with E-state index in [1.807, 2.05) is 0 Å². The van der Waals surface area contributed by atoms with Crippen molar-refractivity contribution < 1.29 is 18.1 Å². The minimum absolute atomic E-state index is 0.0133. The molecule has 8 heteroatoms. The molecule has 126 valence electrons. The minimum Gasteiger partial charge on any atom is -0.294 e. The maximum Gasteiger partial charge on any atom is 0.289 e. The van der Waals surface area contributed by atoms with Crippen molar-refractivity contribution in [3.8, 4) is 0 Å². The SMILES string of the molecule is C=C1CN(S(=O)(=O)c2ccccc2[N+](=O)[O-])C2CC1C(=O)C=C2C. The van der Waals surface area contributed by atoms with Crippen LogP contribution in [0.3, 0.4) is 0 Å². The van der Waals surface area contributed by atoms with Gasteiger partial charge in [-0.3, -0.25) is 14.9 Å². The highest BCUT2D eigenvalue weighted by atomic mass is 32.2. The van der Waals surface area contributed by atoms with Crippen LogP contribution in [0.25, 0.3) is 0 Å². The Kier molecular flexibility index (Phi) is 3.89. The van der Waals surface area contributed by atoms with E-state index in [1.54, 1.807) is 6.92 Å². The van der Waals surface area contributed by atoms with Crippen molar-refractivity contribution in [3.63, 3.8) is 0 Å². The maximum absolute atomic E-state index is 13.1. The first-order valence-corrected chi connectivity index (χ1v) is 8.82. The number of hydrogen-bond acceptors (Lipinski definition) is 5. The molecule has 0 radical (unpaired) electrons. The summed E-state index contributed by atoms with van der Waals surface area (Å²) in [5.74, 6) is -0.438. The summed E-state index contributed by atoms with van der Waals surface area (Å²) < 4.78 is 27.3. The van der Waals surface area contributed by atoms with E-state index in [2.05, 4.69) is 6.58 Å². The lowest BCUT2D eigenvalue weighted by molar-refractivity contribution is -0.387. The van der Waals surface area contributed by atoms with Gasteiger partial charge in [-0.1, -0.05) is 29.9 Å². The monoisotopic (exact) mass is 348 g/mol. The fraction of sp³-hybridized carbons (Fsp3) is 0.312. The average molecular weight is 348 g/mol. The Bertz CT molecular complexity index is 887. The standard InChI is InChI=1S/C16H16N2O5S/c1-10-7-15(19)12-8-14(10)17(9-11(12)2)24(22,23)16-6-4-3-5-13(16)18(20)21/h3-7,12,14H,2,8-9H2,1H3. The Hall–Kier alpha value is -2.32. The van der Waals surface area contributed by atoms with Gasteiger partial charge in [-0.25, -0.2) is 8.42 Å². The number of para-hydroxylation sites is 1. The summed E-state index contributed by atoms with van der Waals surface area (Å²) in [6, 6.07) is 4.79. The zero-order valence-electron chi connectivity index (χ0n) is 13.0. The second kappa shape index (κ2) is 5.64. The van der Waals surface area contributed by atoms with Gasteiger partial charge in [-0.05, 0) is 25.5 Å². The van der Waals surface area contributed by atoms with Crippen molar-refractivity contribution in [1.82, 2.24) is 4.31 Å². The molecule has 2 unspecified atom stereocenters. The van der Waals surface area contributed by atoms with Gasteiger partial charge in [0, 0.05) is 24.6 Å². The maximum atomic E-state index is 13.1. The van der Waals surface area contributed by atoms with Gasteiger partial charge < -0.3 is 0 Å². The summed E-state index contributed by atoms with van der Waals surface area (Å²) >= 11 is 0.